The Hall–Kier alpha value is -0.210. The van der Waals surface area contributed by atoms with Gasteiger partial charge in [0.25, 0.3) is 0 Å². The summed E-state index contributed by atoms with van der Waals surface area (Å²) in [5.74, 6) is 1.89. The lowest BCUT2D eigenvalue weighted by molar-refractivity contribution is 0.129. The van der Waals surface area contributed by atoms with Crippen molar-refractivity contribution >= 4 is 27.5 Å². The van der Waals surface area contributed by atoms with Crippen LogP contribution >= 0.6 is 27.5 Å². The van der Waals surface area contributed by atoms with Crippen molar-refractivity contribution in [3.8, 4) is 5.75 Å². The molecule has 0 spiro atoms. The van der Waals surface area contributed by atoms with Gasteiger partial charge in [-0.2, -0.15) is 0 Å². The average Bonchev–Trinajstić information content (AvgIpc) is 2.41. The molecular formula is C15H20BrClO. The van der Waals surface area contributed by atoms with E-state index >= 15 is 0 Å². The smallest absolute Gasteiger partial charge is 0.123 e. The van der Waals surface area contributed by atoms with E-state index in [1.807, 2.05) is 18.2 Å². The van der Waals surface area contributed by atoms with E-state index in [-0.39, 0.29) is 0 Å². The Morgan fingerprint density at radius 3 is 2.61 bits per heavy atom. The molecule has 2 rings (SSSR count). The lowest BCUT2D eigenvalue weighted by Crippen LogP contribution is -2.24. The molecule has 0 radical (unpaired) electrons. The van der Waals surface area contributed by atoms with Crippen LogP contribution in [0.15, 0.2) is 18.2 Å². The van der Waals surface area contributed by atoms with Crippen LogP contribution in [0.2, 0.25) is 5.02 Å². The highest BCUT2D eigenvalue weighted by Gasteiger charge is 2.21. The molecule has 1 nitrogen and oxygen atoms in total. The van der Waals surface area contributed by atoms with E-state index in [1.54, 1.807) is 0 Å². The van der Waals surface area contributed by atoms with Crippen LogP contribution in [0.4, 0.5) is 0 Å². The zero-order chi connectivity index (χ0) is 13.0. The van der Waals surface area contributed by atoms with Crippen molar-refractivity contribution in [1.29, 1.82) is 0 Å². The first kappa shape index (κ1) is 14.2. The third-order valence-corrected chi connectivity index (χ3v) is 4.67. The molecule has 1 aromatic rings. The molecule has 3 heteroatoms. The van der Waals surface area contributed by atoms with Crippen molar-refractivity contribution in [2.24, 2.45) is 5.92 Å². The van der Waals surface area contributed by atoms with Crippen LogP contribution in [0.1, 0.15) is 44.6 Å². The summed E-state index contributed by atoms with van der Waals surface area (Å²) in [7, 11) is 0. The maximum absolute atomic E-state index is 6.14. The van der Waals surface area contributed by atoms with Crippen molar-refractivity contribution in [3.05, 3.63) is 28.8 Å². The predicted molar refractivity (Wildman–Crippen MR) is 80.7 cm³/mol. The summed E-state index contributed by atoms with van der Waals surface area (Å²) in [6.07, 6.45) is 6.66. The van der Waals surface area contributed by atoms with Gasteiger partial charge in [0.15, 0.2) is 0 Å². The molecule has 0 N–H and O–H groups in total. The molecule has 0 saturated heterocycles. The Labute approximate surface area is 123 Å². The highest BCUT2D eigenvalue weighted by molar-refractivity contribution is 9.08. The number of halogens is 2. The van der Waals surface area contributed by atoms with E-state index in [4.69, 9.17) is 16.3 Å². The van der Waals surface area contributed by atoms with Gasteiger partial charge in [0.2, 0.25) is 0 Å². The molecule has 0 bridgehead atoms. The largest absolute Gasteiger partial charge is 0.490 e. The monoisotopic (exact) mass is 330 g/mol. The minimum Gasteiger partial charge on any atom is -0.490 e. The number of benzene rings is 1. The number of hydrogen-bond acceptors (Lipinski definition) is 1. The van der Waals surface area contributed by atoms with Gasteiger partial charge in [0.05, 0.1) is 6.10 Å². The Morgan fingerprint density at radius 2 is 2.00 bits per heavy atom. The molecule has 1 aromatic carbocycles. The zero-order valence-corrected chi connectivity index (χ0v) is 13.1. The van der Waals surface area contributed by atoms with Crippen molar-refractivity contribution in [3.63, 3.8) is 0 Å². The van der Waals surface area contributed by atoms with E-state index in [0.717, 1.165) is 27.6 Å². The van der Waals surface area contributed by atoms with Crippen LogP contribution in [-0.2, 0) is 5.33 Å². The second kappa shape index (κ2) is 6.81. The lowest BCUT2D eigenvalue weighted by Gasteiger charge is -2.29. The van der Waals surface area contributed by atoms with Gasteiger partial charge in [-0.05, 0) is 49.8 Å². The van der Waals surface area contributed by atoms with Crippen LogP contribution in [0.5, 0.6) is 5.75 Å². The zero-order valence-electron chi connectivity index (χ0n) is 10.8. The van der Waals surface area contributed by atoms with Gasteiger partial charge < -0.3 is 4.74 Å². The second-order valence-corrected chi connectivity index (χ2v) is 6.05. The van der Waals surface area contributed by atoms with Gasteiger partial charge in [-0.15, -0.1) is 0 Å². The molecule has 0 aliphatic heterocycles. The van der Waals surface area contributed by atoms with Gasteiger partial charge in [-0.1, -0.05) is 40.9 Å². The van der Waals surface area contributed by atoms with Gasteiger partial charge >= 0.3 is 0 Å². The number of hydrogen-bond donors (Lipinski definition) is 0. The van der Waals surface area contributed by atoms with Crippen molar-refractivity contribution < 1.29 is 4.74 Å². The third-order valence-electron chi connectivity index (χ3n) is 3.83. The van der Waals surface area contributed by atoms with E-state index in [1.165, 1.54) is 32.1 Å². The minimum absolute atomic E-state index is 0.381. The molecular weight excluding hydrogens is 312 g/mol. The maximum atomic E-state index is 6.14. The normalized spacial score (nSPS) is 23.9. The van der Waals surface area contributed by atoms with Crippen LogP contribution in [-0.4, -0.2) is 6.10 Å². The fourth-order valence-corrected chi connectivity index (χ4v) is 3.24. The molecule has 0 heterocycles. The number of ether oxygens (including phenoxy) is 1. The highest BCUT2D eigenvalue weighted by atomic mass is 79.9. The van der Waals surface area contributed by atoms with Crippen molar-refractivity contribution in [1.82, 2.24) is 0 Å². The van der Waals surface area contributed by atoms with Crippen molar-refractivity contribution in [2.75, 3.05) is 0 Å². The standard InChI is InChI=1S/C15H20BrClO/c1-2-11-3-6-14(7-4-11)18-15-8-5-13(17)9-12(15)10-16/h5,8-9,11,14H,2-4,6-7,10H2,1H3. The summed E-state index contributed by atoms with van der Waals surface area (Å²) >= 11 is 9.49. The first-order chi connectivity index (χ1) is 8.72. The van der Waals surface area contributed by atoms with Crippen LogP contribution < -0.4 is 4.74 Å². The van der Waals surface area contributed by atoms with E-state index in [2.05, 4.69) is 22.9 Å². The summed E-state index contributed by atoms with van der Waals surface area (Å²) in [5, 5.41) is 1.55. The quantitative estimate of drug-likeness (QED) is 0.654. The van der Waals surface area contributed by atoms with Gasteiger partial charge in [-0.3, -0.25) is 0 Å². The third kappa shape index (κ3) is 3.64. The Balaban J connectivity index is 1.97. The summed E-state index contributed by atoms with van der Waals surface area (Å²) in [4.78, 5) is 0. The Bertz CT molecular complexity index is 386. The molecule has 0 aromatic heterocycles. The summed E-state index contributed by atoms with van der Waals surface area (Å²) < 4.78 is 6.14. The molecule has 0 amide bonds. The summed E-state index contributed by atoms with van der Waals surface area (Å²) in [6, 6.07) is 5.87. The molecule has 18 heavy (non-hydrogen) atoms. The van der Waals surface area contributed by atoms with Crippen LogP contribution in [0, 0.1) is 5.92 Å². The fraction of sp³-hybridized carbons (Fsp3) is 0.600. The summed E-state index contributed by atoms with van der Waals surface area (Å²) in [5.41, 5.74) is 1.14. The minimum atomic E-state index is 0.381. The molecule has 1 aliphatic carbocycles. The topological polar surface area (TPSA) is 9.23 Å². The summed E-state index contributed by atoms with van der Waals surface area (Å²) in [6.45, 7) is 2.29. The fourth-order valence-electron chi connectivity index (χ4n) is 2.60. The maximum Gasteiger partial charge on any atom is 0.123 e. The van der Waals surface area contributed by atoms with Crippen molar-refractivity contribution in [2.45, 2.75) is 50.5 Å². The molecule has 100 valence electrons. The molecule has 1 aliphatic rings. The number of alkyl halides is 1. The molecule has 1 saturated carbocycles. The predicted octanol–water partition coefficient (Wildman–Crippen LogP) is 5.58. The van der Waals surface area contributed by atoms with E-state index in [9.17, 15) is 0 Å². The highest BCUT2D eigenvalue weighted by Crippen LogP contribution is 2.32. The molecule has 0 unspecified atom stereocenters. The Morgan fingerprint density at radius 1 is 1.28 bits per heavy atom. The molecule has 1 fully saturated rings. The molecule has 0 atom stereocenters. The Kier molecular flexibility index (Phi) is 5.38. The first-order valence-electron chi connectivity index (χ1n) is 6.74. The van der Waals surface area contributed by atoms with Crippen LogP contribution in [0.25, 0.3) is 0 Å². The first-order valence-corrected chi connectivity index (χ1v) is 8.24. The van der Waals surface area contributed by atoms with Gasteiger partial charge in [0.1, 0.15) is 5.75 Å². The van der Waals surface area contributed by atoms with Crippen LogP contribution in [0.3, 0.4) is 0 Å². The van der Waals surface area contributed by atoms with Gasteiger partial charge in [0, 0.05) is 15.9 Å². The second-order valence-electron chi connectivity index (χ2n) is 5.05. The average molecular weight is 332 g/mol. The van der Waals surface area contributed by atoms with E-state index in [0.29, 0.717) is 6.10 Å². The van der Waals surface area contributed by atoms with Gasteiger partial charge in [-0.25, -0.2) is 0 Å². The SMILES string of the molecule is CCC1CCC(Oc2ccc(Cl)cc2CBr)CC1. The lowest BCUT2D eigenvalue weighted by atomic mass is 9.86. The van der Waals surface area contributed by atoms with E-state index < -0.39 is 0 Å². The number of rotatable bonds is 4.